The predicted molar refractivity (Wildman–Crippen MR) is 47.2 cm³/mol. The van der Waals surface area contributed by atoms with Gasteiger partial charge in [-0.1, -0.05) is 0 Å². The normalized spacial score (nSPS) is 45.1. The zero-order chi connectivity index (χ0) is 9.42. The Morgan fingerprint density at radius 3 is 2.77 bits per heavy atom. The number of aldehydes is 1. The highest BCUT2D eigenvalue weighted by Crippen LogP contribution is 2.50. The van der Waals surface area contributed by atoms with Gasteiger partial charge >= 0.3 is 0 Å². The second-order valence-electron chi connectivity index (χ2n) is 4.24. The highest BCUT2D eigenvalue weighted by Gasteiger charge is 2.50. The molecule has 0 saturated heterocycles. The summed E-state index contributed by atoms with van der Waals surface area (Å²) in [5, 5.41) is 9.53. The lowest BCUT2D eigenvalue weighted by molar-refractivity contribution is -0.122. The average molecular weight is 184 g/mol. The van der Waals surface area contributed by atoms with E-state index in [9.17, 15) is 9.90 Å². The van der Waals surface area contributed by atoms with E-state index in [1.54, 1.807) is 7.11 Å². The second kappa shape index (κ2) is 3.39. The minimum Gasteiger partial charge on any atom is -0.385 e. The lowest BCUT2D eigenvalue weighted by Crippen LogP contribution is -2.38. The first-order valence-corrected chi connectivity index (χ1v) is 4.94. The van der Waals surface area contributed by atoms with Crippen LogP contribution >= 0.6 is 0 Å². The Morgan fingerprint density at radius 1 is 1.46 bits per heavy atom. The summed E-state index contributed by atoms with van der Waals surface area (Å²) in [6.45, 7) is 0. The molecule has 5 atom stereocenters. The Labute approximate surface area is 78.1 Å². The van der Waals surface area contributed by atoms with Gasteiger partial charge in [0.05, 0.1) is 6.10 Å². The van der Waals surface area contributed by atoms with E-state index < -0.39 is 6.10 Å². The van der Waals surface area contributed by atoms with E-state index in [-0.39, 0.29) is 12.0 Å². The molecule has 2 fully saturated rings. The summed E-state index contributed by atoms with van der Waals surface area (Å²) < 4.78 is 5.36. The van der Waals surface area contributed by atoms with Crippen molar-refractivity contribution in [1.29, 1.82) is 0 Å². The lowest BCUT2D eigenvalue weighted by atomic mass is 9.83. The van der Waals surface area contributed by atoms with Crippen LogP contribution in [0.5, 0.6) is 0 Å². The zero-order valence-corrected chi connectivity index (χ0v) is 7.85. The highest BCUT2D eigenvalue weighted by molar-refractivity contribution is 5.56. The molecule has 0 aliphatic heterocycles. The van der Waals surface area contributed by atoms with Gasteiger partial charge in [-0.25, -0.2) is 0 Å². The number of ether oxygens (including phenoxy) is 1. The van der Waals surface area contributed by atoms with Crippen molar-refractivity contribution in [1.82, 2.24) is 0 Å². The smallest absolute Gasteiger partial charge is 0.148 e. The molecule has 2 aliphatic carbocycles. The van der Waals surface area contributed by atoms with Gasteiger partial charge in [0.2, 0.25) is 0 Å². The van der Waals surface area contributed by atoms with Gasteiger partial charge in [-0.05, 0) is 31.1 Å². The van der Waals surface area contributed by atoms with Crippen molar-refractivity contribution in [3.05, 3.63) is 0 Å². The summed E-state index contributed by atoms with van der Waals surface area (Å²) >= 11 is 0. The van der Waals surface area contributed by atoms with Crippen LogP contribution in [0.25, 0.3) is 0 Å². The van der Waals surface area contributed by atoms with Crippen molar-refractivity contribution in [2.24, 2.45) is 17.8 Å². The number of fused-ring (bicyclic) bond motifs is 2. The van der Waals surface area contributed by atoms with Crippen molar-refractivity contribution in [3.63, 3.8) is 0 Å². The number of carbonyl (C=O) groups is 1. The maximum atomic E-state index is 10.5. The van der Waals surface area contributed by atoms with Gasteiger partial charge in [-0.3, -0.25) is 0 Å². The molecule has 2 aliphatic rings. The Kier molecular flexibility index (Phi) is 2.39. The molecule has 0 radical (unpaired) electrons. The Hall–Kier alpha value is -0.410. The first kappa shape index (κ1) is 9.16. The molecule has 0 aromatic heterocycles. The molecule has 2 bridgehead atoms. The molecule has 1 N–H and O–H groups in total. The Balaban J connectivity index is 2.12. The number of hydrogen-bond donors (Lipinski definition) is 1. The minimum atomic E-state index is -0.819. The van der Waals surface area contributed by atoms with E-state index in [1.165, 1.54) is 6.42 Å². The minimum absolute atomic E-state index is 0.0567. The summed E-state index contributed by atoms with van der Waals surface area (Å²) in [4.78, 5) is 10.5. The van der Waals surface area contributed by atoms with Crippen LogP contribution in [0, 0.1) is 17.8 Å². The van der Waals surface area contributed by atoms with Crippen molar-refractivity contribution in [3.8, 4) is 0 Å². The number of carbonyl (C=O) groups excluding carboxylic acids is 1. The number of aliphatic hydroxyl groups excluding tert-OH is 1. The van der Waals surface area contributed by atoms with Gasteiger partial charge in [0.25, 0.3) is 0 Å². The molecular weight excluding hydrogens is 168 g/mol. The maximum Gasteiger partial charge on any atom is 0.148 e. The molecule has 2 saturated carbocycles. The van der Waals surface area contributed by atoms with E-state index in [2.05, 4.69) is 0 Å². The molecule has 0 heterocycles. The van der Waals surface area contributed by atoms with Crippen LogP contribution in [-0.4, -0.2) is 30.7 Å². The average Bonchev–Trinajstić information content (AvgIpc) is 2.74. The summed E-state index contributed by atoms with van der Waals surface area (Å²) in [6.07, 6.45) is 3.43. The van der Waals surface area contributed by atoms with Crippen molar-refractivity contribution in [2.45, 2.75) is 31.5 Å². The van der Waals surface area contributed by atoms with Gasteiger partial charge < -0.3 is 14.6 Å². The molecule has 0 amide bonds. The number of hydrogen-bond acceptors (Lipinski definition) is 3. The molecule has 74 valence electrons. The molecule has 2 rings (SSSR count). The predicted octanol–water partition coefficient (Wildman–Crippen LogP) is 0.607. The first-order valence-electron chi connectivity index (χ1n) is 4.94. The van der Waals surface area contributed by atoms with Crippen LogP contribution in [0.2, 0.25) is 0 Å². The van der Waals surface area contributed by atoms with Gasteiger partial charge in [-0.2, -0.15) is 0 Å². The van der Waals surface area contributed by atoms with Crippen molar-refractivity contribution >= 4 is 6.29 Å². The summed E-state index contributed by atoms with van der Waals surface area (Å²) in [6, 6.07) is 0. The number of aliphatic hydroxyl groups is 1. The Bertz CT molecular complexity index is 204. The van der Waals surface area contributed by atoms with E-state index in [0.717, 1.165) is 12.8 Å². The van der Waals surface area contributed by atoms with Crippen LogP contribution in [0.15, 0.2) is 0 Å². The van der Waals surface area contributed by atoms with Gasteiger partial charge in [0.1, 0.15) is 12.4 Å². The van der Waals surface area contributed by atoms with E-state index in [0.29, 0.717) is 18.1 Å². The van der Waals surface area contributed by atoms with Crippen molar-refractivity contribution in [2.75, 3.05) is 7.11 Å². The second-order valence-corrected chi connectivity index (χ2v) is 4.24. The topological polar surface area (TPSA) is 46.5 Å². The quantitative estimate of drug-likeness (QED) is 0.654. The fourth-order valence-electron chi connectivity index (χ4n) is 3.20. The SMILES string of the molecule is CO[C@@H]1[C@H]2CC[C@H](C2)[C@@H]1C(O)C=O. The molecule has 3 heteroatoms. The van der Waals surface area contributed by atoms with Gasteiger partial charge in [0.15, 0.2) is 0 Å². The van der Waals surface area contributed by atoms with Crippen LogP contribution in [-0.2, 0) is 9.53 Å². The highest BCUT2D eigenvalue weighted by atomic mass is 16.5. The molecule has 0 aromatic rings. The van der Waals surface area contributed by atoms with Crippen LogP contribution in [0.1, 0.15) is 19.3 Å². The monoisotopic (exact) mass is 184 g/mol. The summed E-state index contributed by atoms with van der Waals surface area (Å²) in [5.41, 5.74) is 0. The lowest BCUT2D eigenvalue weighted by Gasteiger charge is -2.31. The van der Waals surface area contributed by atoms with E-state index in [4.69, 9.17) is 4.74 Å². The standard InChI is InChI=1S/C10H16O3/c1-13-10-7-3-2-6(4-7)9(10)8(12)5-11/h5-10,12H,2-4H2,1H3/t6-,7+,8?,9-,10-/m1/s1. The fourth-order valence-corrected chi connectivity index (χ4v) is 3.20. The molecule has 3 nitrogen and oxygen atoms in total. The molecule has 1 unspecified atom stereocenters. The first-order chi connectivity index (χ1) is 6.27. The van der Waals surface area contributed by atoms with Crippen LogP contribution in [0.4, 0.5) is 0 Å². The fraction of sp³-hybridized carbons (Fsp3) is 0.900. The Morgan fingerprint density at radius 2 is 2.15 bits per heavy atom. The summed E-state index contributed by atoms with van der Waals surface area (Å²) in [7, 11) is 1.68. The van der Waals surface area contributed by atoms with Crippen LogP contribution in [0.3, 0.4) is 0 Å². The maximum absolute atomic E-state index is 10.5. The van der Waals surface area contributed by atoms with E-state index >= 15 is 0 Å². The van der Waals surface area contributed by atoms with E-state index in [1.807, 2.05) is 0 Å². The molecule has 0 spiro atoms. The molecule has 0 aromatic carbocycles. The van der Waals surface area contributed by atoms with Crippen molar-refractivity contribution < 1.29 is 14.6 Å². The largest absolute Gasteiger partial charge is 0.385 e. The zero-order valence-electron chi connectivity index (χ0n) is 7.85. The third-order valence-corrected chi connectivity index (χ3v) is 3.71. The third kappa shape index (κ3) is 1.30. The number of rotatable bonds is 3. The van der Waals surface area contributed by atoms with Gasteiger partial charge in [0, 0.05) is 13.0 Å². The molecular formula is C10H16O3. The summed E-state index contributed by atoms with van der Waals surface area (Å²) in [5.74, 6) is 1.14. The van der Waals surface area contributed by atoms with Gasteiger partial charge in [-0.15, -0.1) is 0 Å². The number of methoxy groups -OCH3 is 1. The van der Waals surface area contributed by atoms with Crippen LogP contribution < -0.4 is 0 Å². The third-order valence-electron chi connectivity index (χ3n) is 3.71. The molecule has 13 heavy (non-hydrogen) atoms.